The standard InChI is InChI=1S/C23H33N9O/c1-7-18(23(33)31-11-14(3)30(6)15(4)12-31)28-20-19-22(27-13-26-20)32(8-2)21(29-19)17-9-24-16(5)25-10-17/h9-10,13-15,18H,7-8,11-12H2,1-6H3,(H,26,27,28)/t14-,15+,18?. The van der Waals surface area contributed by atoms with E-state index in [9.17, 15) is 4.79 Å². The first kappa shape index (κ1) is 23.0. The summed E-state index contributed by atoms with van der Waals surface area (Å²) in [4.78, 5) is 40.1. The SMILES string of the molecule is CCC(Nc1ncnc2c1nc(-c1cnc(C)nc1)n2CC)C(=O)N1C[C@@H](C)N(C)[C@@H](C)C1. The van der Waals surface area contributed by atoms with Crippen molar-refractivity contribution in [3.63, 3.8) is 0 Å². The number of carbonyl (C=O) groups is 1. The highest BCUT2D eigenvalue weighted by molar-refractivity contribution is 5.90. The minimum Gasteiger partial charge on any atom is -0.356 e. The second kappa shape index (κ2) is 9.38. The Labute approximate surface area is 194 Å². The van der Waals surface area contributed by atoms with Crippen LogP contribution >= 0.6 is 0 Å². The molecule has 1 aliphatic rings. The maximum absolute atomic E-state index is 13.4. The molecule has 0 saturated carbocycles. The quantitative estimate of drug-likeness (QED) is 0.609. The van der Waals surface area contributed by atoms with Crippen molar-refractivity contribution in [1.82, 2.24) is 39.3 Å². The molecule has 1 saturated heterocycles. The number of aromatic nitrogens is 6. The Morgan fingerprint density at radius 2 is 1.79 bits per heavy atom. The Kier molecular flexibility index (Phi) is 6.55. The zero-order valence-corrected chi connectivity index (χ0v) is 20.3. The van der Waals surface area contributed by atoms with Gasteiger partial charge in [-0.15, -0.1) is 0 Å². The first-order valence-electron chi connectivity index (χ1n) is 11.6. The minimum atomic E-state index is -0.385. The highest BCUT2D eigenvalue weighted by Gasteiger charge is 2.32. The molecule has 4 rings (SSSR count). The van der Waals surface area contributed by atoms with Gasteiger partial charge in [-0.05, 0) is 41.2 Å². The summed E-state index contributed by atoms with van der Waals surface area (Å²) in [5.74, 6) is 2.10. The van der Waals surface area contributed by atoms with Gasteiger partial charge in [0.2, 0.25) is 5.91 Å². The number of hydrogen-bond donors (Lipinski definition) is 1. The largest absolute Gasteiger partial charge is 0.356 e. The van der Waals surface area contributed by atoms with Crippen LogP contribution in [0.3, 0.4) is 0 Å². The second-order valence-corrected chi connectivity index (χ2v) is 8.81. The highest BCUT2D eigenvalue weighted by atomic mass is 16.2. The third-order valence-corrected chi connectivity index (χ3v) is 6.58. The van der Waals surface area contributed by atoms with Gasteiger partial charge in [0, 0.05) is 44.1 Å². The van der Waals surface area contributed by atoms with E-state index in [1.54, 1.807) is 12.4 Å². The Hall–Kier alpha value is -3.14. The van der Waals surface area contributed by atoms with Crippen molar-refractivity contribution in [2.24, 2.45) is 0 Å². The van der Waals surface area contributed by atoms with E-state index >= 15 is 0 Å². The number of piperazine rings is 1. The minimum absolute atomic E-state index is 0.0955. The summed E-state index contributed by atoms with van der Waals surface area (Å²) in [5, 5.41) is 3.37. The van der Waals surface area contributed by atoms with Crippen LogP contribution < -0.4 is 5.32 Å². The van der Waals surface area contributed by atoms with Crippen molar-refractivity contribution in [3.8, 4) is 11.4 Å². The van der Waals surface area contributed by atoms with Gasteiger partial charge in [0.25, 0.3) is 0 Å². The molecule has 10 nitrogen and oxygen atoms in total. The molecular weight excluding hydrogens is 418 g/mol. The molecule has 176 valence electrons. The number of nitrogens with zero attached hydrogens (tertiary/aromatic N) is 8. The van der Waals surface area contributed by atoms with Crippen LogP contribution in [0.25, 0.3) is 22.6 Å². The van der Waals surface area contributed by atoms with Gasteiger partial charge < -0.3 is 14.8 Å². The molecule has 3 atom stereocenters. The Balaban J connectivity index is 1.65. The lowest BCUT2D eigenvalue weighted by atomic mass is 10.1. The van der Waals surface area contributed by atoms with Crippen LogP contribution in [0.4, 0.5) is 5.82 Å². The summed E-state index contributed by atoms with van der Waals surface area (Å²) in [7, 11) is 2.12. The van der Waals surface area contributed by atoms with Crippen LogP contribution in [-0.2, 0) is 11.3 Å². The summed E-state index contributed by atoms with van der Waals surface area (Å²) >= 11 is 0. The fourth-order valence-corrected chi connectivity index (χ4v) is 4.38. The van der Waals surface area contributed by atoms with Crippen molar-refractivity contribution < 1.29 is 4.79 Å². The summed E-state index contributed by atoms with van der Waals surface area (Å²) < 4.78 is 2.02. The first-order chi connectivity index (χ1) is 15.8. The number of nitrogens with one attached hydrogen (secondary N) is 1. The number of amides is 1. The smallest absolute Gasteiger partial charge is 0.245 e. The van der Waals surface area contributed by atoms with Crippen LogP contribution in [-0.4, -0.2) is 83.5 Å². The Morgan fingerprint density at radius 1 is 1.12 bits per heavy atom. The van der Waals surface area contributed by atoms with Gasteiger partial charge in [0.15, 0.2) is 17.0 Å². The fraction of sp³-hybridized carbons (Fsp3) is 0.565. The van der Waals surface area contributed by atoms with Gasteiger partial charge in [0.1, 0.15) is 24.0 Å². The van der Waals surface area contributed by atoms with Crippen LogP contribution in [0.15, 0.2) is 18.7 Å². The van der Waals surface area contributed by atoms with E-state index in [0.717, 1.165) is 30.1 Å². The first-order valence-corrected chi connectivity index (χ1v) is 11.6. The monoisotopic (exact) mass is 451 g/mol. The van der Waals surface area contributed by atoms with Gasteiger partial charge in [-0.2, -0.15) is 0 Å². The highest BCUT2D eigenvalue weighted by Crippen LogP contribution is 2.27. The summed E-state index contributed by atoms with van der Waals surface area (Å²) in [6.45, 7) is 12.4. The third-order valence-electron chi connectivity index (χ3n) is 6.58. The second-order valence-electron chi connectivity index (χ2n) is 8.81. The number of aryl methyl sites for hydroxylation is 2. The van der Waals surface area contributed by atoms with E-state index in [1.807, 2.05) is 30.2 Å². The number of fused-ring (bicyclic) bond motifs is 1. The van der Waals surface area contributed by atoms with E-state index in [-0.39, 0.29) is 11.9 Å². The molecule has 1 amide bonds. The number of hydrogen-bond acceptors (Lipinski definition) is 8. The lowest BCUT2D eigenvalue weighted by Crippen LogP contribution is -2.58. The van der Waals surface area contributed by atoms with Crippen molar-refractivity contribution in [3.05, 3.63) is 24.5 Å². The topological polar surface area (TPSA) is 105 Å². The fourth-order valence-electron chi connectivity index (χ4n) is 4.38. The van der Waals surface area contributed by atoms with Crippen molar-refractivity contribution in [2.75, 3.05) is 25.5 Å². The molecular formula is C23H33N9O. The van der Waals surface area contributed by atoms with E-state index in [4.69, 9.17) is 4.98 Å². The molecule has 4 heterocycles. The van der Waals surface area contributed by atoms with Crippen molar-refractivity contribution >= 4 is 22.9 Å². The van der Waals surface area contributed by atoms with Crippen LogP contribution in [0.2, 0.25) is 0 Å². The summed E-state index contributed by atoms with van der Waals surface area (Å²) in [6, 6.07) is 0.254. The number of rotatable bonds is 6. The van der Waals surface area contributed by atoms with Gasteiger partial charge in [0.05, 0.1) is 5.56 Å². The normalized spacial score (nSPS) is 20.2. The molecule has 1 fully saturated rings. The summed E-state index contributed by atoms with van der Waals surface area (Å²) in [5.41, 5.74) is 2.17. The summed E-state index contributed by atoms with van der Waals surface area (Å²) in [6.07, 6.45) is 5.70. The molecule has 3 aromatic heterocycles. The van der Waals surface area contributed by atoms with Crippen molar-refractivity contribution in [1.29, 1.82) is 0 Å². The average molecular weight is 452 g/mol. The maximum atomic E-state index is 13.4. The van der Waals surface area contributed by atoms with Crippen LogP contribution in [0.5, 0.6) is 0 Å². The Morgan fingerprint density at radius 3 is 2.39 bits per heavy atom. The van der Waals surface area contributed by atoms with Gasteiger partial charge in [-0.3, -0.25) is 9.69 Å². The van der Waals surface area contributed by atoms with E-state index in [1.165, 1.54) is 6.33 Å². The average Bonchev–Trinajstić information content (AvgIpc) is 3.20. The van der Waals surface area contributed by atoms with E-state index in [2.05, 4.69) is 51.0 Å². The maximum Gasteiger partial charge on any atom is 0.245 e. The molecule has 1 aliphatic heterocycles. The third kappa shape index (κ3) is 4.39. The van der Waals surface area contributed by atoms with Gasteiger partial charge in [-0.1, -0.05) is 6.92 Å². The predicted octanol–water partition coefficient (Wildman–Crippen LogP) is 2.35. The molecule has 0 bridgehead atoms. The van der Waals surface area contributed by atoms with Gasteiger partial charge >= 0.3 is 0 Å². The molecule has 0 spiro atoms. The molecule has 1 unspecified atom stereocenters. The molecule has 0 aromatic carbocycles. The zero-order valence-electron chi connectivity index (χ0n) is 20.3. The molecule has 3 aromatic rings. The number of anilines is 1. The van der Waals surface area contributed by atoms with Crippen LogP contribution in [0, 0.1) is 6.92 Å². The van der Waals surface area contributed by atoms with E-state index in [0.29, 0.717) is 42.2 Å². The van der Waals surface area contributed by atoms with Crippen molar-refractivity contribution in [2.45, 2.75) is 65.7 Å². The Bertz CT molecular complexity index is 1110. The molecule has 0 radical (unpaired) electrons. The van der Waals surface area contributed by atoms with Crippen LogP contribution in [0.1, 0.15) is 39.9 Å². The number of imidazole rings is 1. The molecule has 33 heavy (non-hydrogen) atoms. The van der Waals surface area contributed by atoms with E-state index < -0.39 is 0 Å². The lowest BCUT2D eigenvalue weighted by Gasteiger charge is -2.43. The number of likely N-dealkylation sites (N-methyl/N-ethyl adjacent to an activating group) is 1. The molecule has 0 aliphatic carbocycles. The zero-order chi connectivity index (χ0) is 23.7. The lowest BCUT2D eigenvalue weighted by molar-refractivity contribution is -0.136. The molecule has 10 heteroatoms. The number of carbonyl (C=O) groups excluding carboxylic acids is 1. The van der Waals surface area contributed by atoms with Gasteiger partial charge in [-0.25, -0.2) is 24.9 Å². The molecule has 1 N–H and O–H groups in total. The predicted molar refractivity (Wildman–Crippen MR) is 128 cm³/mol.